The monoisotopic (exact) mass is 307 g/mol. The summed E-state index contributed by atoms with van der Waals surface area (Å²) in [6.07, 6.45) is 1.03. The van der Waals surface area contributed by atoms with E-state index in [0.29, 0.717) is 5.92 Å². The summed E-state index contributed by atoms with van der Waals surface area (Å²) in [6.45, 7) is 7.57. The van der Waals surface area contributed by atoms with Gasteiger partial charge in [0.1, 0.15) is 5.75 Å². The third-order valence-corrected chi connectivity index (χ3v) is 4.51. The minimum atomic E-state index is 0.444. The lowest BCUT2D eigenvalue weighted by Crippen LogP contribution is -2.04. The Labute approximate surface area is 138 Å². The van der Waals surface area contributed by atoms with E-state index in [2.05, 4.69) is 73.9 Å². The van der Waals surface area contributed by atoms with Crippen molar-refractivity contribution in [2.45, 2.75) is 39.7 Å². The van der Waals surface area contributed by atoms with Gasteiger partial charge in [-0.3, -0.25) is 0 Å². The van der Waals surface area contributed by atoms with Gasteiger partial charge in [-0.05, 0) is 41.7 Å². The minimum absolute atomic E-state index is 0.444. The largest absolute Gasteiger partial charge is 0.496 e. The first-order valence-corrected chi connectivity index (χ1v) is 8.38. The smallest absolute Gasteiger partial charge is 0.123 e. The second-order valence-electron chi connectivity index (χ2n) is 6.37. The zero-order chi connectivity index (χ0) is 16.4. The zero-order valence-electron chi connectivity index (χ0n) is 14.5. The summed E-state index contributed by atoms with van der Waals surface area (Å²) in [6, 6.07) is 17.5. The van der Waals surface area contributed by atoms with Crippen molar-refractivity contribution in [3.05, 3.63) is 65.4 Å². The first-order chi connectivity index (χ1) is 11.1. The molecular formula is C21H25NO. The maximum Gasteiger partial charge on any atom is 0.123 e. The Kier molecular flexibility index (Phi) is 4.42. The van der Waals surface area contributed by atoms with E-state index in [1.807, 2.05) is 0 Å². The molecule has 3 rings (SSSR count). The van der Waals surface area contributed by atoms with E-state index in [1.54, 1.807) is 7.11 Å². The molecule has 0 unspecified atom stereocenters. The van der Waals surface area contributed by atoms with Gasteiger partial charge in [0.2, 0.25) is 0 Å². The quantitative estimate of drug-likeness (QED) is 0.617. The summed E-state index contributed by atoms with van der Waals surface area (Å²) < 4.78 is 8.05. The van der Waals surface area contributed by atoms with Crippen molar-refractivity contribution < 1.29 is 4.74 Å². The van der Waals surface area contributed by atoms with Gasteiger partial charge in [-0.2, -0.15) is 0 Å². The topological polar surface area (TPSA) is 14.2 Å². The molecule has 2 nitrogen and oxygen atoms in total. The molecule has 0 bridgehead atoms. The number of hydrogen-bond acceptors (Lipinski definition) is 1. The molecule has 1 aromatic heterocycles. The molecule has 2 aromatic carbocycles. The van der Waals surface area contributed by atoms with E-state index in [9.17, 15) is 0 Å². The van der Waals surface area contributed by atoms with Gasteiger partial charge in [-0.25, -0.2) is 0 Å². The fourth-order valence-electron chi connectivity index (χ4n) is 3.24. The highest BCUT2D eigenvalue weighted by molar-refractivity contribution is 5.84. The van der Waals surface area contributed by atoms with Gasteiger partial charge in [-0.15, -0.1) is 0 Å². The van der Waals surface area contributed by atoms with Crippen LogP contribution in [-0.2, 0) is 13.0 Å². The molecule has 0 radical (unpaired) electrons. The van der Waals surface area contributed by atoms with Crippen LogP contribution in [0.4, 0.5) is 0 Å². The number of nitrogens with zero attached hydrogens (tertiary/aromatic N) is 1. The van der Waals surface area contributed by atoms with Crippen LogP contribution in [0.5, 0.6) is 5.75 Å². The molecule has 23 heavy (non-hydrogen) atoms. The summed E-state index contributed by atoms with van der Waals surface area (Å²) in [5.74, 6) is 1.44. The second kappa shape index (κ2) is 6.49. The Morgan fingerprint density at radius 3 is 2.39 bits per heavy atom. The van der Waals surface area contributed by atoms with Crippen LogP contribution >= 0.6 is 0 Å². The van der Waals surface area contributed by atoms with E-state index in [0.717, 1.165) is 18.7 Å². The fourth-order valence-corrected chi connectivity index (χ4v) is 3.24. The highest BCUT2D eigenvalue weighted by Gasteiger charge is 2.14. The maximum atomic E-state index is 5.61. The predicted molar refractivity (Wildman–Crippen MR) is 97.5 cm³/mol. The van der Waals surface area contributed by atoms with Gasteiger partial charge in [0.25, 0.3) is 0 Å². The Balaban J connectivity index is 2.17. The highest BCUT2D eigenvalue weighted by atomic mass is 16.5. The molecule has 0 spiro atoms. The van der Waals surface area contributed by atoms with Crippen molar-refractivity contribution in [1.82, 2.24) is 4.57 Å². The average Bonchev–Trinajstić information content (AvgIpc) is 2.91. The number of rotatable bonds is 5. The Hall–Kier alpha value is -2.22. The fraction of sp³-hybridized carbons (Fsp3) is 0.333. The number of aromatic nitrogens is 1. The van der Waals surface area contributed by atoms with Crippen molar-refractivity contribution in [2.24, 2.45) is 0 Å². The van der Waals surface area contributed by atoms with E-state index < -0.39 is 0 Å². The van der Waals surface area contributed by atoms with E-state index in [-0.39, 0.29) is 0 Å². The standard InChI is InChI=1S/C21H25NO/c1-5-18-11-17-12-21(23-4)19(15(2)3)13-20(17)22(18)14-16-9-7-6-8-10-16/h6-13,15H,5,14H2,1-4H3. The summed E-state index contributed by atoms with van der Waals surface area (Å²) in [5, 5.41) is 1.26. The lowest BCUT2D eigenvalue weighted by atomic mass is 10.0. The molecular weight excluding hydrogens is 282 g/mol. The normalized spacial score (nSPS) is 11.3. The van der Waals surface area contributed by atoms with Gasteiger partial charge >= 0.3 is 0 Å². The third kappa shape index (κ3) is 2.98. The van der Waals surface area contributed by atoms with Crippen LogP contribution in [0.1, 0.15) is 43.5 Å². The van der Waals surface area contributed by atoms with Gasteiger partial charge in [0, 0.05) is 23.1 Å². The molecule has 120 valence electrons. The number of ether oxygens (including phenoxy) is 1. The molecule has 0 aliphatic heterocycles. The van der Waals surface area contributed by atoms with Crippen LogP contribution in [-0.4, -0.2) is 11.7 Å². The molecule has 2 heteroatoms. The van der Waals surface area contributed by atoms with Crippen LogP contribution in [0.3, 0.4) is 0 Å². The maximum absolute atomic E-state index is 5.61. The van der Waals surface area contributed by atoms with Gasteiger partial charge in [-0.1, -0.05) is 51.1 Å². The number of fused-ring (bicyclic) bond motifs is 1. The Morgan fingerprint density at radius 1 is 1.04 bits per heavy atom. The number of methoxy groups -OCH3 is 1. The molecule has 0 amide bonds. The first-order valence-electron chi connectivity index (χ1n) is 8.38. The van der Waals surface area contributed by atoms with Crippen molar-refractivity contribution in [1.29, 1.82) is 0 Å². The molecule has 0 aliphatic carbocycles. The summed E-state index contributed by atoms with van der Waals surface area (Å²) in [4.78, 5) is 0. The second-order valence-corrected chi connectivity index (χ2v) is 6.37. The van der Waals surface area contributed by atoms with E-state index in [4.69, 9.17) is 4.74 Å². The van der Waals surface area contributed by atoms with Crippen molar-refractivity contribution in [3.8, 4) is 5.75 Å². The van der Waals surface area contributed by atoms with Crippen LogP contribution in [0.15, 0.2) is 48.5 Å². The number of hydrogen-bond donors (Lipinski definition) is 0. The summed E-state index contributed by atoms with van der Waals surface area (Å²) >= 11 is 0. The zero-order valence-corrected chi connectivity index (χ0v) is 14.5. The molecule has 0 atom stereocenters. The Morgan fingerprint density at radius 2 is 1.78 bits per heavy atom. The minimum Gasteiger partial charge on any atom is -0.496 e. The predicted octanol–water partition coefficient (Wildman–Crippen LogP) is 5.38. The van der Waals surface area contributed by atoms with Crippen molar-refractivity contribution in [2.75, 3.05) is 7.11 Å². The van der Waals surface area contributed by atoms with Crippen LogP contribution in [0.25, 0.3) is 10.9 Å². The lowest BCUT2D eigenvalue weighted by molar-refractivity contribution is 0.408. The number of aryl methyl sites for hydroxylation is 1. The van der Waals surface area contributed by atoms with E-state index in [1.165, 1.54) is 27.7 Å². The molecule has 0 saturated heterocycles. The number of benzene rings is 2. The van der Waals surface area contributed by atoms with Crippen LogP contribution in [0.2, 0.25) is 0 Å². The van der Waals surface area contributed by atoms with Gasteiger partial charge in [0.15, 0.2) is 0 Å². The molecule has 0 saturated carbocycles. The van der Waals surface area contributed by atoms with Crippen molar-refractivity contribution >= 4 is 10.9 Å². The molecule has 0 N–H and O–H groups in total. The molecule has 0 fully saturated rings. The third-order valence-electron chi connectivity index (χ3n) is 4.51. The Bertz CT molecular complexity index is 800. The van der Waals surface area contributed by atoms with Crippen LogP contribution in [0, 0.1) is 0 Å². The highest BCUT2D eigenvalue weighted by Crippen LogP contribution is 2.33. The molecule has 3 aromatic rings. The molecule has 1 heterocycles. The van der Waals surface area contributed by atoms with E-state index >= 15 is 0 Å². The first kappa shape index (κ1) is 15.7. The summed E-state index contributed by atoms with van der Waals surface area (Å²) in [7, 11) is 1.76. The molecule has 0 aliphatic rings. The van der Waals surface area contributed by atoms with Gasteiger partial charge in [0.05, 0.1) is 7.11 Å². The van der Waals surface area contributed by atoms with Crippen molar-refractivity contribution in [3.63, 3.8) is 0 Å². The van der Waals surface area contributed by atoms with Crippen LogP contribution < -0.4 is 4.74 Å². The lowest BCUT2D eigenvalue weighted by Gasteiger charge is -2.14. The van der Waals surface area contributed by atoms with Gasteiger partial charge < -0.3 is 9.30 Å². The average molecular weight is 307 g/mol. The SMILES string of the molecule is CCc1cc2cc(OC)c(C(C)C)cc2n1Cc1ccccc1. The summed E-state index contributed by atoms with van der Waals surface area (Å²) in [5.41, 5.74) is 5.28.